The van der Waals surface area contributed by atoms with E-state index in [2.05, 4.69) is 43.3 Å². The predicted molar refractivity (Wildman–Crippen MR) is 148 cm³/mol. The van der Waals surface area contributed by atoms with Crippen LogP contribution < -0.4 is 10.5 Å². The molecule has 3 aromatic heterocycles. The minimum atomic E-state index is -0.501. The van der Waals surface area contributed by atoms with Gasteiger partial charge in [-0.05, 0) is 83.3 Å². The minimum absolute atomic E-state index is 0.0619. The molecule has 1 saturated heterocycles. The van der Waals surface area contributed by atoms with Gasteiger partial charge in [0.05, 0.1) is 11.2 Å². The monoisotopic (exact) mass is 540 g/mol. The number of nitro groups is 1. The lowest BCUT2D eigenvalue weighted by Gasteiger charge is -2.39. The van der Waals surface area contributed by atoms with Crippen LogP contribution in [0.15, 0.2) is 70.1 Å². The van der Waals surface area contributed by atoms with Gasteiger partial charge in [0.25, 0.3) is 11.2 Å². The second-order valence-electron chi connectivity index (χ2n) is 10.1. The molecule has 4 heterocycles. The maximum atomic E-state index is 13.6. The summed E-state index contributed by atoms with van der Waals surface area (Å²) < 4.78 is 7.21. The van der Waals surface area contributed by atoms with Crippen LogP contribution in [-0.4, -0.2) is 61.2 Å². The number of tetrazole rings is 1. The van der Waals surface area contributed by atoms with Crippen molar-refractivity contribution in [2.75, 3.05) is 31.1 Å². The average Bonchev–Trinajstić information content (AvgIpc) is 3.64. The first-order valence-corrected chi connectivity index (χ1v) is 13.0. The van der Waals surface area contributed by atoms with Gasteiger partial charge in [-0.25, -0.2) is 4.68 Å². The van der Waals surface area contributed by atoms with Crippen molar-refractivity contribution in [1.82, 2.24) is 30.1 Å². The molecule has 0 aliphatic carbocycles. The fourth-order valence-electron chi connectivity index (χ4n) is 5.29. The number of nitrogens with zero attached hydrogens (tertiary/aromatic N) is 7. The van der Waals surface area contributed by atoms with Crippen LogP contribution in [-0.2, 0) is 6.54 Å². The number of non-ortho nitro benzene ring substituents is 1. The number of nitrogens with one attached hydrogen (secondary N) is 1. The van der Waals surface area contributed by atoms with Crippen LogP contribution in [0.3, 0.4) is 0 Å². The van der Waals surface area contributed by atoms with Crippen LogP contribution in [0.5, 0.6) is 0 Å². The molecule has 12 heteroatoms. The van der Waals surface area contributed by atoms with Crippen LogP contribution in [0, 0.1) is 24.0 Å². The van der Waals surface area contributed by atoms with Crippen LogP contribution in [0.2, 0.25) is 0 Å². The number of hydrogen-bond acceptors (Lipinski definition) is 9. The van der Waals surface area contributed by atoms with Crippen LogP contribution in [0.4, 0.5) is 11.4 Å². The predicted octanol–water partition coefficient (Wildman–Crippen LogP) is 3.59. The molecule has 40 heavy (non-hydrogen) atoms. The van der Waals surface area contributed by atoms with E-state index in [0.29, 0.717) is 49.9 Å². The maximum absolute atomic E-state index is 13.6. The molecule has 1 aliphatic heterocycles. The van der Waals surface area contributed by atoms with E-state index < -0.39 is 11.0 Å². The molecule has 6 rings (SSSR count). The van der Waals surface area contributed by atoms with Gasteiger partial charge in [0, 0.05) is 55.1 Å². The Kier molecular flexibility index (Phi) is 6.60. The third-order valence-corrected chi connectivity index (χ3v) is 7.58. The third kappa shape index (κ3) is 4.84. The van der Waals surface area contributed by atoms with E-state index in [9.17, 15) is 14.9 Å². The zero-order valence-corrected chi connectivity index (χ0v) is 22.1. The number of aromatic nitrogens is 5. The number of aryl methyl sites for hydroxylation is 2. The molecule has 1 aliphatic rings. The fourth-order valence-corrected chi connectivity index (χ4v) is 5.29. The minimum Gasteiger partial charge on any atom is -0.467 e. The molecule has 0 spiro atoms. The summed E-state index contributed by atoms with van der Waals surface area (Å²) in [6.45, 7) is 6.99. The van der Waals surface area contributed by atoms with E-state index in [1.54, 1.807) is 23.1 Å². The molecule has 5 aromatic rings. The zero-order chi connectivity index (χ0) is 27.8. The van der Waals surface area contributed by atoms with Crippen LogP contribution in [0.25, 0.3) is 10.9 Å². The number of pyridine rings is 1. The van der Waals surface area contributed by atoms with E-state index in [0.717, 1.165) is 27.7 Å². The number of fused-ring (bicyclic) bond motifs is 1. The van der Waals surface area contributed by atoms with Crippen molar-refractivity contribution in [3.05, 3.63) is 110 Å². The molecule has 0 bridgehead atoms. The summed E-state index contributed by atoms with van der Waals surface area (Å²) >= 11 is 0. The van der Waals surface area contributed by atoms with Crippen molar-refractivity contribution in [2.45, 2.75) is 26.4 Å². The molecule has 0 saturated carbocycles. The highest BCUT2D eigenvalue weighted by Crippen LogP contribution is 2.30. The molecule has 1 fully saturated rings. The molecule has 1 atom stereocenters. The van der Waals surface area contributed by atoms with Gasteiger partial charge in [0.2, 0.25) is 0 Å². The number of furan rings is 1. The summed E-state index contributed by atoms with van der Waals surface area (Å²) in [5.41, 5.74) is 4.39. The maximum Gasteiger partial charge on any atom is 0.269 e. The Balaban J connectivity index is 1.36. The number of rotatable bonds is 7. The summed E-state index contributed by atoms with van der Waals surface area (Å²) in [6.07, 6.45) is 1.60. The van der Waals surface area contributed by atoms with Gasteiger partial charge >= 0.3 is 0 Å². The van der Waals surface area contributed by atoms with Gasteiger partial charge in [0.15, 0.2) is 5.82 Å². The number of benzene rings is 2. The first kappa shape index (κ1) is 25.4. The highest BCUT2D eigenvalue weighted by molar-refractivity contribution is 5.81. The van der Waals surface area contributed by atoms with Gasteiger partial charge in [-0.3, -0.25) is 19.8 Å². The second kappa shape index (κ2) is 10.4. The summed E-state index contributed by atoms with van der Waals surface area (Å²) in [5.74, 6) is 1.25. The van der Waals surface area contributed by atoms with Gasteiger partial charge in [-0.1, -0.05) is 0 Å². The molecule has 1 N–H and O–H groups in total. The lowest BCUT2D eigenvalue weighted by atomic mass is 10.00. The zero-order valence-electron chi connectivity index (χ0n) is 22.1. The third-order valence-electron chi connectivity index (χ3n) is 7.58. The smallest absolute Gasteiger partial charge is 0.269 e. The average molecular weight is 541 g/mol. The van der Waals surface area contributed by atoms with E-state index in [1.165, 1.54) is 12.1 Å². The SMILES string of the molecule is Cc1cc2cc(C(c3nnnn3Cc3ccco3)N3CCN(c4ccc([N+](=O)[O-])cc4)CC3)c(=O)[nH]c2cc1C. The molecule has 12 nitrogen and oxygen atoms in total. The van der Waals surface area contributed by atoms with E-state index in [1.807, 2.05) is 31.2 Å². The standard InChI is InChI=1S/C28H28N8O4/c1-18-14-20-16-24(28(37)29-25(20)15-19(18)2)26(27-30-31-32-35(27)17-23-4-3-13-40-23)34-11-9-33(10-12-34)21-5-7-22(8-6-21)36(38)39/h3-8,13-16,26H,9-12,17H2,1-2H3,(H,29,37). The van der Waals surface area contributed by atoms with Gasteiger partial charge in [0.1, 0.15) is 18.3 Å². The number of anilines is 1. The van der Waals surface area contributed by atoms with E-state index in [-0.39, 0.29) is 11.2 Å². The number of hydrogen-bond donors (Lipinski definition) is 1. The Morgan fingerprint density at radius 3 is 2.50 bits per heavy atom. The second-order valence-corrected chi connectivity index (χ2v) is 10.1. The Morgan fingerprint density at radius 1 is 1.05 bits per heavy atom. The Labute approximate surface area is 229 Å². The van der Waals surface area contributed by atoms with E-state index >= 15 is 0 Å². The number of H-pyrrole nitrogens is 1. The summed E-state index contributed by atoms with van der Waals surface area (Å²) in [7, 11) is 0. The largest absolute Gasteiger partial charge is 0.467 e. The molecule has 204 valence electrons. The lowest BCUT2D eigenvalue weighted by molar-refractivity contribution is -0.384. The fraction of sp³-hybridized carbons (Fsp3) is 0.286. The van der Waals surface area contributed by atoms with Crippen molar-refractivity contribution < 1.29 is 9.34 Å². The quantitative estimate of drug-likeness (QED) is 0.242. The first-order valence-electron chi connectivity index (χ1n) is 13.0. The number of piperazine rings is 1. The van der Waals surface area contributed by atoms with Gasteiger partial charge in [-0.15, -0.1) is 5.10 Å². The number of nitro benzene ring substituents is 1. The Bertz CT molecular complexity index is 1720. The van der Waals surface area contributed by atoms with Crippen molar-refractivity contribution in [1.29, 1.82) is 0 Å². The molecule has 0 amide bonds. The lowest BCUT2D eigenvalue weighted by Crippen LogP contribution is -2.49. The Morgan fingerprint density at radius 2 is 1.80 bits per heavy atom. The first-order chi connectivity index (χ1) is 19.4. The number of aromatic amines is 1. The normalized spacial score (nSPS) is 15.0. The Hall–Kier alpha value is -4.84. The van der Waals surface area contributed by atoms with Gasteiger partial charge < -0.3 is 14.3 Å². The molecule has 1 unspecified atom stereocenters. The van der Waals surface area contributed by atoms with Crippen LogP contribution >= 0.6 is 0 Å². The molecule has 0 radical (unpaired) electrons. The molecule has 2 aromatic carbocycles. The molecular formula is C28H28N8O4. The molecular weight excluding hydrogens is 512 g/mol. The van der Waals surface area contributed by atoms with E-state index in [4.69, 9.17) is 4.42 Å². The van der Waals surface area contributed by atoms with Gasteiger partial charge in [-0.2, -0.15) is 0 Å². The summed E-state index contributed by atoms with van der Waals surface area (Å²) in [4.78, 5) is 31.7. The highest BCUT2D eigenvalue weighted by atomic mass is 16.6. The van der Waals surface area contributed by atoms with Crippen molar-refractivity contribution in [3.63, 3.8) is 0 Å². The topological polar surface area (TPSA) is 139 Å². The van der Waals surface area contributed by atoms with Crippen molar-refractivity contribution >= 4 is 22.3 Å². The van der Waals surface area contributed by atoms with Crippen molar-refractivity contribution in [3.8, 4) is 0 Å². The van der Waals surface area contributed by atoms with Crippen molar-refractivity contribution in [2.24, 2.45) is 0 Å². The summed E-state index contributed by atoms with van der Waals surface area (Å²) in [6, 6.07) is 15.8. The highest BCUT2D eigenvalue weighted by Gasteiger charge is 2.33. The van der Waals surface area contributed by atoms with Crippen LogP contribution in [0.1, 0.15) is 34.3 Å². The summed E-state index contributed by atoms with van der Waals surface area (Å²) in [5, 5.41) is 24.6.